The molecule has 0 fully saturated rings. The summed E-state index contributed by atoms with van der Waals surface area (Å²) in [5.41, 5.74) is 7.11. The average Bonchev–Trinajstić information content (AvgIpc) is 2.26. The summed E-state index contributed by atoms with van der Waals surface area (Å²) in [6.07, 6.45) is 0. The third kappa shape index (κ3) is 3.66. The Bertz CT molecular complexity index is 416. The highest BCUT2D eigenvalue weighted by molar-refractivity contribution is 7.99. The van der Waals surface area contributed by atoms with E-state index in [1.807, 2.05) is 39.0 Å². The second-order valence-corrected chi connectivity index (χ2v) is 5.71. The number of anilines is 1. The summed E-state index contributed by atoms with van der Waals surface area (Å²) in [5.74, 6) is 0.503. The molecule has 0 aliphatic heterocycles. The van der Waals surface area contributed by atoms with Crippen molar-refractivity contribution < 1.29 is 9.53 Å². The van der Waals surface area contributed by atoms with E-state index >= 15 is 0 Å². The Morgan fingerprint density at radius 1 is 1.47 bits per heavy atom. The quantitative estimate of drug-likeness (QED) is 0.509. The molecular weight excluding hydrogens is 234 g/mol. The number of nitrogens with two attached hydrogens (primary N) is 1. The third-order valence-corrected chi connectivity index (χ3v) is 4.16. The number of carbonyl (C=O) groups is 1. The minimum Gasteiger partial charge on any atom is -0.469 e. The van der Waals surface area contributed by atoms with Gasteiger partial charge in [0.15, 0.2) is 0 Å². The van der Waals surface area contributed by atoms with Crippen molar-refractivity contribution in [3.8, 4) is 0 Å². The number of hydrogen-bond donors (Lipinski definition) is 1. The maximum Gasteiger partial charge on any atom is 0.312 e. The van der Waals surface area contributed by atoms with E-state index in [-0.39, 0.29) is 5.97 Å². The van der Waals surface area contributed by atoms with Crippen LogP contribution in [0.2, 0.25) is 0 Å². The number of ether oxygens (including phenoxy) is 1. The van der Waals surface area contributed by atoms with Gasteiger partial charge >= 0.3 is 5.97 Å². The molecule has 94 valence electrons. The van der Waals surface area contributed by atoms with Crippen LogP contribution in [0.4, 0.5) is 5.69 Å². The monoisotopic (exact) mass is 253 g/mol. The number of methoxy groups -OCH3 is 1. The minimum atomic E-state index is -0.479. The Hall–Kier alpha value is -1.16. The lowest BCUT2D eigenvalue weighted by Gasteiger charge is -2.21. The first kappa shape index (κ1) is 13.9. The van der Waals surface area contributed by atoms with E-state index in [9.17, 15) is 4.79 Å². The fourth-order valence-corrected chi connectivity index (χ4v) is 2.51. The molecule has 17 heavy (non-hydrogen) atoms. The molecule has 3 nitrogen and oxygen atoms in total. The first-order valence-electron chi connectivity index (χ1n) is 5.44. The molecule has 1 rings (SSSR count). The van der Waals surface area contributed by atoms with Crippen LogP contribution in [0.3, 0.4) is 0 Å². The lowest BCUT2D eigenvalue weighted by molar-refractivity contribution is -0.149. The molecular formula is C13H19NO2S. The molecule has 0 saturated carbocycles. The number of rotatable bonds is 4. The highest BCUT2D eigenvalue weighted by Gasteiger charge is 2.28. The summed E-state index contributed by atoms with van der Waals surface area (Å²) in [7, 11) is 1.42. The van der Waals surface area contributed by atoms with Gasteiger partial charge in [-0.25, -0.2) is 0 Å². The van der Waals surface area contributed by atoms with Crippen LogP contribution in [0.15, 0.2) is 23.1 Å². The van der Waals surface area contributed by atoms with Gasteiger partial charge in [-0.1, -0.05) is 0 Å². The van der Waals surface area contributed by atoms with E-state index < -0.39 is 5.41 Å². The molecule has 0 aliphatic rings. The van der Waals surface area contributed by atoms with Gasteiger partial charge in [0.1, 0.15) is 0 Å². The number of nitrogen functional groups attached to an aromatic ring is 1. The van der Waals surface area contributed by atoms with Crippen LogP contribution in [-0.2, 0) is 9.53 Å². The molecule has 1 aromatic rings. The zero-order chi connectivity index (χ0) is 13.1. The first-order chi connectivity index (χ1) is 7.86. The maximum atomic E-state index is 11.5. The third-order valence-electron chi connectivity index (χ3n) is 2.53. The Morgan fingerprint density at radius 3 is 2.65 bits per heavy atom. The number of thioether (sulfide) groups is 1. The van der Waals surface area contributed by atoms with Crippen molar-refractivity contribution in [2.24, 2.45) is 5.41 Å². The van der Waals surface area contributed by atoms with Crippen LogP contribution in [0.5, 0.6) is 0 Å². The van der Waals surface area contributed by atoms with Gasteiger partial charge in [-0.3, -0.25) is 4.79 Å². The zero-order valence-electron chi connectivity index (χ0n) is 10.7. The van der Waals surface area contributed by atoms with Crippen molar-refractivity contribution in [2.45, 2.75) is 25.7 Å². The summed E-state index contributed by atoms with van der Waals surface area (Å²) >= 11 is 1.65. The zero-order valence-corrected chi connectivity index (χ0v) is 11.6. The molecule has 0 bridgehead atoms. The summed E-state index contributed by atoms with van der Waals surface area (Å²) in [6.45, 7) is 5.79. The second-order valence-electron chi connectivity index (χ2n) is 4.69. The van der Waals surface area contributed by atoms with E-state index in [4.69, 9.17) is 10.5 Å². The predicted octanol–water partition coefficient (Wildman–Crippen LogP) is 2.87. The van der Waals surface area contributed by atoms with Gasteiger partial charge in [0.05, 0.1) is 12.5 Å². The second kappa shape index (κ2) is 5.45. The van der Waals surface area contributed by atoms with Crippen molar-refractivity contribution in [1.29, 1.82) is 0 Å². The average molecular weight is 253 g/mol. The van der Waals surface area contributed by atoms with Gasteiger partial charge in [-0.2, -0.15) is 0 Å². The predicted molar refractivity (Wildman–Crippen MR) is 72.1 cm³/mol. The number of hydrogen-bond acceptors (Lipinski definition) is 4. The number of aryl methyl sites for hydroxylation is 1. The molecule has 0 aromatic heterocycles. The molecule has 0 atom stereocenters. The van der Waals surface area contributed by atoms with E-state index in [0.29, 0.717) is 5.75 Å². The van der Waals surface area contributed by atoms with Gasteiger partial charge in [0.2, 0.25) is 0 Å². The topological polar surface area (TPSA) is 52.3 Å². The number of esters is 1. The molecule has 0 radical (unpaired) electrons. The highest BCUT2D eigenvalue weighted by Crippen LogP contribution is 2.31. The largest absolute Gasteiger partial charge is 0.469 e. The summed E-state index contributed by atoms with van der Waals surface area (Å²) in [4.78, 5) is 12.7. The van der Waals surface area contributed by atoms with Crippen LogP contribution in [0, 0.1) is 12.3 Å². The van der Waals surface area contributed by atoms with Gasteiger partial charge in [0, 0.05) is 16.3 Å². The van der Waals surface area contributed by atoms with Crippen molar-refractivity contribution in [3.05, 3.63) is 23.8 Å². The van der Waals surface area contributed by atoms with Gasteiger partial charge in [-0.15, -0.1) is 11.8 Å². The Morgan fingerprint density at radius 2 is 2.12 bits per heavy atom. The van der Waals surface area contributed by atoms with E-state index in [1.165, 1.54) is 7.11 Å². The van der Waals surface area contributed by atoms with Crippen molar-refractivity contribution in [2.75, 3.05) is 18.6 Å². The van der Waals surface area contributed by atoms with E-state index in [2.05, 4.69) is 0 Å². The lowest BCUT2D eigenvalue weighted by Crippen LogP contribution is -2.28. The van der Waals surface area contributed by atoms with Crippen LogP contribution in [0.1, 0.15) is 19.4 Å². The summed E-state index contributed by atoms with van der Waals surface area (Å²) in [6, 6.07) is 5.80. The number of carbonyl (C=O) groups excluding carboxylic acids is 1. The SMILES string of the molecule is COC(=O)C(C)(C)CSc1ccc(N)cc1C. The van der Waals surface area contributed by atoms with E-state index in [1.54, 1.807) is 11.8 Å². The molecule has 2 N–H and O–H groups in total. The first-order valence-corrected chi connectivity index (χ1v) is 6.43. The van der Waals surface area contributed by atoms with E-state index in [0.717, 1.165) is 16.1 Å². The minimum absolute atomic E-state index is 0.182. The Labute approximate surface area is 107 Å². The molecule has 0 amide bonds. The molecule has 0 aliphatic carbocycles. The smallest absolute Gasteiger partial charge is 0.312 e. The van der Waals surface area contributed by atoms with Crippen molar-refractivity contribution in [3.63, 3.8) is 0 Å². The maximum absolute atomic E-state index is 11.5. The van der Waals surface area contributed by atoms with Crippen LogP contribution in [0.25, 0.3) is 0 Å². The molecule has 4 heteroatoms. The molecule has 1 aromatic carbocycles. The van der Waals surface area contributed by atoms with Gasteiger partial charge in [-0.05, 0) is 44.5 Å². The molecule has 0 heterocycles. The number of benzene rings is 1. The van der Waals surface area contributed by atoms with Crippen LogP contribution >= 0.6 is 11.8 Å². The lowest BCUT2D eigenvalue weighted by atomic mass is 9.97. The highest BCUT2D eigenvalue weighted by atomic mass is 32.2. The van der Waals surface area contributed by atoms with Gasteiger partial charge in [0.25, 0.3) is 0 Å². The summed E-state index contributed by atoms with van der Waals surface area (Å²) in [5, 5.41) is 0. The van der Waals surface area contributed by atoms with Crippen molar-refractivity contribution in [1.82, 2.24) is 0 Å². The molecule has 0 spiro atoms. The Balaban J connectivity index is 2.70. The molecule has 0 unspecified atom stereocenters. The van der Waals surface area contributed by atoms with Crippen LogP contribution in [-0.4, -0.2) is 18.8 Å². The fourth-order valence-electron chi connectivity index (χ4n) is 1.43. The fraction of sp³-hybridized carbons (Fsp3) is 0.462. The van der Waals surface area contributed by atoms with Crippen molar-refractivity contribution >= 4 is 23.4 Å². The van der Waals surface area contributed by atoms with Gasteiger partial charge < -0.3 is 10.5 Å². The standard InChI is InChI=1S/C13H19NO2S/c1-9-7-10(14)5-6-11(9)17-8-13(2,3)12(15)16-4/h5-7H,8,14H2,1-4H3. The van der Waals surface area contributed by atoms with Crippen LogP contribution < -0.4 is 5.73 Å². The summed E-state index contributed by atoms with van der Waals surface area (Å²) < 4.78 is 4.78. The normalized spacial score (nSPS) is 11.3. The Kier molecular flexibility index (Phi) is 4.46. The molecule has 0 saturated heterocycles.